The largest absolute Gasteiger partial charge is 0.393 e. The maximum absolute atomic E-state index is 11.0. The molecule has 2 fully saturated rings. The van der Waals surface area contributed by atoms with Gasteiger partial charge in [-0.15, -0.1) is 0 Å². The Bertz CT molecular complexity index is 890. The van der Waals surface area contributed by atoms with Crippen LogP contribution in [0.2, 0.25) is 0 Å². The third-order valence-electron chi connectivity index (χ3n) is 12.5. The zero-order valence-corrected chi connectivity index (χ0v) is 22.9. The van der Waals surface area contributed by atoms with Crippen LogP contribution in [0.5, 0.6) is 0 Å². The van der Waals surface area contributed by atoms with E-state index in [0.717, 1.165) is 44.1 Å². The Labute approximate surface area is 208 Å². The molecule has 4 aliphatic carbocycles. The van der Waals surface area contributed by atoms with Crippen LogP contribution in [0, 0.1) is 38.9 Å². The Hall–Kier alpha value is -0.900. The summed E-state index contributed by atoms with van der Waals surface area (Å²) in [6.07, 6.45) is 15.8. The molecule has 0 bridgehead atoms. The summed E-state index contributed by atoms with van der Waals surface area (Å²) >= 11 is 0. The van der Waals surface area contributed by atoms with Crippen LogP contribution in [-0.4, -0.2) is 34.6 Å². The van der Waals surface area contributed by atoms with Crippen molar-refractivity contribution in [1.82, 2.24) is 0 Å². The fourth-order valence-electron chi connectivity index (χ4n) is 9.07. The molecule has 3 heteroatoms. The smallest absolute Gasteiger partial charge is 0.0663 e. The van der Waals surface area contributed by atoms with Crippen molar-refractivity contribution in [3.8, 4) is 0 Å². The van der Waals surface area contributed by atoms with Gasteiger partial charge >= 0.3 is 0 Å². The van der Waals surface area contributed by atoms with Crippen LogP contribution in [0.15, 0.2) is 34.9 Å². The normalized spacial score (nSPS) is 43.7. The van der Waals surface area contributed by atoms with Gasteiger partial charge < -0.3 is 15.3 Å². The van der Waals surface area contributed by atoms with Crippen molar-refractivity contribution >= 4 is 0 Å². The molecular formula is C31H50O3. The minimum Gasteiger partial charge on any atom is -0.393 e. The molecule has 4 aliphatic rings. The molecule has 2 saturated carbocycles. The summed E-state index contributed by atoms with van der Waals surface area (Å²) in [5.74, 6) is 1.30. The Morgan fingerprint density at radius 1 is 0.941 bits per heavy atom. The van der Waals surface area contributed by atoms with Gasteiger partial charge in [0.1, 0.15) is 0 Å². The highest BCUT2D eigenvalue weighted by atomic mass is 16.3. The number of rotatable bonds is 6. The Kier molecular flexibility index (Phi) is 6.62. The van der Waals surface area contributed by atoms with E-state index in [1.165, 1.54) is 12.8 Å². The summed E-state index contributed by atoms with van der Waals surface area (Å²) in [4.78, 5) is 0. The first-order valence-electron chi connectivity index (χ1n) is 13.8. The van der Waals surface area contributed by atoms with Gasteiger partial charge in [0.15, 0.2) is 0 Å². The van der Waals surface area contributed by atoms with Crippen LogP contribution < -0.4 is 0 Å². The highest BCUT2D eigenvalue weighted by Gasteiger charge is 2.66. The van der Waals surface area contributed by atoms with Crippen molar-refractivity contribution in [1.29, 1.82) is 0 Å². The van der Waals surface area contributed by atoms with Crippen molar-refractivity contribution in [3.05, 3.63) is 34.9 Å². The van der Waals surface area contributed by atoms with Crippen molar-refractivity contribution < 1.29 is 15.3 Å². The first-order chi connectivity index (χ1) is 15.8. The molecule has 3 N–H and O–H groups in total. The molecule has 0 heterocycles. The van der Waals surface area contributed by atoms with E-state index in [1.807, 2.05) is 6.08 Å². The molecule has 192 valence electrons. The Morgan fingerprint density at radius 3 is 2.18 bits per heavy atom. The second kappa shape index (κ2) is 8.60. The topological polar surface area (TPSA) is 60.7 Å². The molecule has 0 aromatic heterocycles. The molecule has 0 saturated heterocycles. The predicted octanol–water partition coefficient (Wildman–Crippen LogP) is 6.59. The predicted molar refractivity (Wildman–Crippen MR) is 140 cm³/mol. The monoisotopic (exact) mass is 470 g/mol. The van der Waals surface area contributed by atoms with Crippen molar-refractivity contribution in [2.45, 2.75) is 106 Å². The van der Waals surface area contributed by atoms with E-state index in [4.69, 9.17) is 0 Å². The lowest BCUT2D eigenvalue weighted by molar-refractivity contribution is -0.147. The minimum absolute atomic E-state index is 0.0443. The van der Waals surface area contributed by atoms with E-state index in [-0.39, 0.29) is 46.4 Å². The van der Waals surface area contributed by atoms with E-state index in [9.17, 15) is 15.3 Å². The highest BCUT2D eigenvalue weighted by Crippen LogP contribution is 2.74. The quantitative estimate of drug-likeness (QED) is 0.384. The van der Waals surface area contributed by atoms with Crippen LogP contribution in [0.4, 0.5) is 0 Å². The van der Waals surface area contributed by atoms with Gasteiger partial charge in [-0.2, -0.15) is 0 Å². The number of hydrogen-bond donors (Lipinski definition) is 3. The van der Waals surface area contributed by atoms with Gasteiger partial charge in [0.25, 0.3) is 0 Å². The third-order valence-corrected chi connectivity index (χ3v) is 12.5. The summed E-state index contributed by atoms with van der Waals surface area (Å²) < 4.78 is 0. The van der Waals surface area contributed by atoms with Gasteiger partial charge in [-0.05, 0) is 107 Å². The molecule has 0 amide bonds. The van der Waals surface area contributed by atoms with Crippen molar-refractivity contribution in [2.75, 3.05) is 13.2 Å². The van der Waals surface area contributed by atoms with E-state index < -0.39 is 0 Å². The molecule has 0 spiro atoms. The average molecular weight is 471 g/mol. The molecule has 34 heavy (non-hydrogen) atoms. The molecule has 4 rings (SSSR count). The van der Waals surface area contributed by atoms with Crippen LogP contribution in [0.3, 0.4) is 0 Å². The maximum atomic E-state index is 11.0. The third kappa shape index (κ3) is 3.32. The summed E-state index contributed by atoms with van der Waals surface area (Å²) in [5, 5.41) is 29.7. The van der Waals surface area contributed by atoms with E-state index >= 15 is 0 Å². The van der Waals surface area contributed by atoms with Gasteiger partial charge in [-0.1, -0.05) is 66.7 Å². The van der Waals surface area contributed by atoms with Gasteiger partial charge in [-0.25, -0.2) is 0 Å². The molecule has 2 unspecified atom stereocenters. The molecular weight excluding hydrogens is 420 g/mol. The highest BCUT2D eigenvalue weighted by molar-refractivity contribution is 5.51. The lowest BCUT2D eigenvalue weighted by Crippen LogP contribution is -2.60. The zero-order chi connectivity index (χ0) is 25.2. The molecule has 0 aromatic carbocycles. The summed E-state index contributed by atoms with van der Waals surface area (Å²) in [7, 11) is 0. The Morgan fingerprint density at radius 2 is 1.53 bits per heavy atom. The first kappa shape index (κ1) is 26.2. The van der Waals surface area contributed by atoms with Gasteiger partial charge in [-0.3, -0.25) is 0 Å². The molecule has 0 radical (unpaired) electrons. The van der Waals surface area contributed by atoms with Crippen LogP contribution >= 0.6 is 0 Å². The minimum atomic E-state index is -0.228. The summed E-state index contributed by atoms with van der Waals surface area (Å²) in [5.41, 5.74) is 4.51. The molecule has 3 nitrogen and oxygen atoms in total. The fraction of sp³-hybridized carbons (Fsp3) is 0.806. The molecule has 7 atom stereocenters. The average Bonchev–Trinajstić information content (AvgIpc) is 3.07. The fourth-order valence-corrected chi connectivity index (χ4v) is 9.07. The second-order valence-corrected chi connectivity index (χ2v) is 13.7. The van der Waals surface area contributed by atoms with E-state index in [1.54, 1.807) is 11.1 Å². The summed E-state index contributed by atoms with van der Waals surface area (Å²) in [6, 6.07) is 0. The van der Waals surface area contributed by atoms with Gasteiger partial charge in [0, 0.05) is 0 Å². The lowest BCUT2D eigenvalue weighted by atomic mass is 9.38. The number of fused-ring (bicyclic) bond motifs is 5. The number of aliphatic hydroxyl groups excluding tert-OH is 3. The maximum Gasteiger partial charge on any atom is 0.0663 e. The lowest BCUT2D eigenvalue weighted by Gasteiger charge is -2.66. The SMILES string of the molecule is CC(CCC=C(CO)CO)C1CC[C@@]2(C)C3=CC[C@@]4(C)C(C)(C)[C@@H](O)CC[C@]4(C)C3=CC[C@]12C. The van der Waals surface area contributed by atoms with Crippen LogP contribution in [0.1, 0.15) is 99.8 Å². The number of hydrogen-bond acceptors (Lipinski definition) is 3. The number of aliphatic hydroxyl groups is 3. The van der Waals surface area contributed by atoms with E-state index in [2.05, 4.69) is 60.6 Å². The molecule has 0 aliphatic heterocycles. The Balaban J connectivity index is 1.64. The van der Waals surface area contributed by atoms with Crippen LogP contribution in [0.25, 0.3) is 0 Å². The van der Waals surface area contributed by atoms with E-state index in [0.29, 0.717) is 11.8 Å². The van der Waals surface area contributed by atoms with Crippen molar-refractivity contribution in [2.24, 2.45) is 38.9 Å². The number of allylic oxidation sites excluding steroid dienone is 5. The summed E-state index contributed by atoms with van der Waals surface area (Å²) in [6.45, 7) is 17.0. The standard InChI is InChI=1S/C31H50O3/c1-21(9-8-10-22(19-32)20-33)23-11-15-29(5)24-13-18-31(7)27(2,3)26(34)14-17-30(31,6)25(24)12-16-28(23,29)4/h10,12-13,21,23,26,32-34H,8-9,11,14-20H2,1-7H3/t21?,23?,26-,28+,29-,30+,31-/m0/s1. The van der Waals surface area contributed by atoms with Gasteiger partial charge in [0.2, 0.25) is 0 Å². The second-order valence-electron chi connectivity index (χ2n) is 13.7. The molecule has 0 aromatic rings. The van der Waals surface area contributed by atoms with Gasteiger partial charge in [0.05, 0.1) is 19.3 Å². The van der Waals surface area contributed by atoms with Crippen molar-refractivity contribution in [3.63, 3.8) is 0 Å². The zero-order valence-electron chi connectivity index (χ0n) is 22.9. The first-order valence-corrected chi connectivity index (χ1v) is 13.8. The van der Waals surface area contributed by atoms with Crippen LogP contribution in [-0.2, 0) is 0 Å².